The Bertz CT molecular complexity index is 358. The Balaban J connectivity index is 2.13. The Labute approximate surface area is 98.0 Å². The van der Waals surface area contributed by atoms with Crippen LogP contribution in [0.1, 0.15) is 36.9 Å². The van der Waals surface area contributed by atoms with Crippen LogP contribution >= 0.6 is 0 Å². The summed E-state index contributed by atoms with van der Waals surface area (Å²) in [6, 6.07) is 6.77. The number of nitrogens with one attached hydrogen (secondary N) is 1. The molecule has 0 amide bonds. The van der Waals surface area contributed by atoms with Crippen LogP contribution in [0.4, 0.5) is 0 Å². The van der Waals surface area contributed by atoms with Crippen LogP contribution in [0.25, 0.3) is 0 Å². The second kappa shape index (κ2) is 4.88. The molecule has 0 heterocycles. The van der Waals surface area contributed by atoms with Crippen LogP contribution in [0, 0.1) is 12.8 Å². The Morgan fingerprint density at radius 1 is 1.44 bits per heavy atom. The smallest absolute Gasteiger partial charge is 0.124 e. The second-order valence-electron chi connectivity index (χ2n) is 4.81. The van der Waals surface area contributed by atoms with Crippen molar-refractivity contribution in [3.8, 4) is 5.75 Å². The average Bonchev–Trinajstić information content (AvgIpc) is 3.10. The van der Waals surface area contributed by atoms with Gasteiger partial charge in [-0.25, -0.2) is 0 Å². The van der Waals surface area contributed by atoms with Crippen molar-refractivity contribution in [1.82, 2.24) is 5.32 Å². The molecule has 0 radical (unpaired) electrons. The fourth-order valence-corrected chi connectivity index (χ4v) is 1.79. The SMILES string of the molecule is CNC(C)c1cc(C)ccc1OCC1CC1. The third-order valence-electron chi connectivity index (χ3n) is 3.24. The zero-order chi connectivity index (χ0) is 11.5. The summed E-state index contributed by atoms with van der Waals surface area (Å²) < 4.78 is 5.90. The van der Waals surface area contributed by atoms with Gasteiger partial charge in [0.1, 0.15) is 5.75 Å². The first kappa shape index (κ1) is 11.5. The van der Waals surface area contributed by atoms with Gasteiger partial charge in [0.15, 0.2) is 0 Å². The molecule has 1 aromatic rings. The number of benzene rings is 1. The van der Waals surface area contributed by atoms with Crippen molar-refractivity contribution in [2.24, 2.45) is 5.92 Å². The van der Waals surface area contributed by atoms with E-state index in [0.29, 0.717) is 6.04 Å². The van der Waals surface area contributed by atoms with Gasteiger partial charge in [0.05, 0.1) is 6.61 Å². The Morgan fingerprint density at radius 2 is 2.19 bits per heavy atom. The zero-order valence-electron chi connectivity index (χ0n) is 10.4. The van der Waals surface area contributed by atoms with Gasteiger partial charge in [0.2, 0.25) is 0 Å². The van der Waals surface area contributed by atoms with Crippen molar-refractivity contribution in [3.05, 3.63) is 29.3 Å². The lowest BCUT2D eigenvalue weighted by Crippen LogP contribution is -2.14. The van der Waals surface area contributed by atoms with Gasteiger partial charge in [-0.15, -0.1) is 0 Å². The van der Waals surface area contributed by atoms with Crippen molar-refractivity contribution in [2.45, 2.75) is 32.7 Å². The van der Waals surface area contributed by atoms with Crippen LogP contribution in [0.15, 0.2) is 18.2 Å². The van der Waals surface area contributed by atoms with Crippen molar-refractivity contribution < 1.29 is 4.74 Å². The average molecular weight is 219 g/mol. The fraction of sp³-hybridized carbons (Fsp3) is 0.571. The fourth-order valence-electron chi connectivity index (χ4n) is 1.79. The first-order chi connectivity index (χ1) is 7.70. The molecule has 1 aromatic carbocycles. The standard InChI is InChI=1S/C14H21NO/c1-10-4-7-14(16-9-12-5-6-12)13(8-10)11(2)15-3/h4,7-8,11-12,15H,5-6,9H2,1-3H3. The van der Waals surface area contributed by atoms with Crippen molar-refractivity contribution in [1.29, 1.82) is 0 Å². The summed E-state index contributed by atoms with van der Waals surface area (Å²) in [7, 11) is 1.98. The molecule has 0 aliphatic heterocycles. The molecule has 16 heavy (non-hydrogen) atoms. The van der Waals surface area contributed by atoms with Gasteiger partial charge in [-0.3, -0.25) is 0 Å². The molecule has 1 N–H and O–H groups in total. The van der Waals surface area contributed by atoms with E-state index in [-0.39, 0.29) is 0 Å². The van der Waals surface area contributed by atoms with Crippen LogP contribution in [-0.2, 0) is 0 Å². The van der Waals surface area contributed by atoms with Gasteiger partial charge in [0, 0.05) is 11.6 Å². The molecule has 0 spiro atoms. The van der Waals surface area contributed by atoms with E-state index in [1.807, 2.05) is 7.05 Å². The van der Waals surface area contributed by atoms with E-state index in [4.69, 9.17) is 4.74 Å². The van der Waals surface area contributed by atoms with E-state index in [2.05, 4.69) is 37.4 Å². The summed E-state index contributed by atoms with van der Waals surface area (Å²) >= 11 is 0. The third kappa shape index (κ3) is 2.76. The molecule has 1 atom stereocenters. The van der Waals surface area contributed by atoms with E-state index in [0.717, 1.165) is 18.3 Å². The highest BCUT2D eigenvalue weighted by Crippen LogP contribution is 2.32. The summed E-state index contributed by atoms with van der Waals surface area (Å²) in [6.07, 6.45) is 2.67. The van der Waals surface area contributed by atoms with Gasteiger partial charge in [-0.2, -0.15) is 0 Å². The van der Waals surface area contributed by atoms with Crippen LogP contribution < -0.4 is 10.1 Å². The van der Waals surface area contributed by atoms with Gasteiger partial charge >= 0.3 is 0 Å². The minimum absolute atomic E-state index is 0.342. The number of aryl methyl sites for hydroxylation is 1. The summed E-state index contributed by atoms with van der Waals surface area (Å²) in [5, 5.41) is 3.27. The minimum atomic E-state index is 0.342. The molecule has 2 nitrogen and oxygen atoms in total. The predicted octanol–water partition coefficient (Wildman–Crippen LogP) is 3.06. The molecule has 1 aliphatic rings. The van der Waals surface area contributed by atoms with Crippen molar-refractivity contribution >= 4 is 0 Å². The molecule has 2 rings (SSSR count). The van der Waals surface area contributed by atoms with Crippen molar-refractivity contribution in [3.63, 3.8) is 0 Å². The molecule has 1 aliphatic carbocycles. The van der Waals surface area contributed by atoms with Gasteiger partial charge in [-0.1, -0.05) is 17.7 Å². The quantitative estimate of drug-likeness (QED) is 0.821. The van der Waals surface area contributed by atoms with E-state index < -0.39 is 0 Å². The maximum absolute atomic E-state index is 5.90. The topological polar surface area (TPSA) is 21.3 Å². The molecular formula is C14H21NO. The molecule has 2 heteroatoms. The third-order valence-corrected chi connectivity index (χ3v) is 3.24. The lowest BCUT2D eigenvalue weighted by Gasteiger charge is -2.17. The number of hydrogen-bond donors (Lipinski definition) is 1. The highest BCUT2D eigenvalue weighted by molar-refractivity contribution is 5.39. The Kier molecular flexibility index (Phi) is 3.49. The van der Waals surface area contributed by atoms with E-state index in [1.54, 1.807) is 0 Å². The van der Waals surface area contributed by atoms with Gasteiger partial charge < -0.3 is 10.1 Å². The van der Waals surface area contributed by atoms with Crippen LogP contribution in [0.3, 0.4) is 0 Å². The summed E-state index contributed by atoms with van der Waals surface area (Å²) in [6.45, 7) is 5.17. The first-order valence-electron chi connectivity index (χ1n) is 6.11. The van der Waals surface area contributed by atoms with Crippen LogP contribution in [-0.4, -0.2) is 13.7 Å². The van der Waals surface area contributed by atoms with Gasteiger partial charge in [-0.05, 0) is 45.7 Å². The monoisotopic (exact) mass is 219 g/mol. The normalized spacial score (nSPS) is 17.2. The van der Waals surface area contributed by atoms with Crippen LogP contribution in [0.2, 0.25) is 0 Å². The second-order valence-corrected chi connectivity index (χ2v) is 4.81. The molecule has 1 fully saturated rings. The minimum Gasteiger partial charge on any atom is -0.493 e. The van der Waals surface area contributed by atoms with Crippen LogP contribution in [0.5, 0.6) is 5.75 Å². The summed E-state index contributed by atoms with van der Waals surface area (Å²) in [5.41, 5.74) is 2.55. The highest BCUT2D eigenvalue weighted by Gasteiger charge is 2.22. The maximum Gasteiger partial charge on any atom is 0.124 e. The Hall–Kier alpha value is -1.02. The molecule has 1 saturated carbocycles. The Morgan fingerprint density at radius 3 is 2.81 bits per heavy atom. The zero-order valence-corrected chi connectivity index (χ0v) is 10.4. The molecule has 0 aromatic heterocycles. The lowest BCUT2D eigenvalue weighted by atomic mass is 10.0. The number of hydrogen-bond acceptors (Lipinski definition) is 2. The number of ether oxygens (including phenoxy) is 1. The molecule has 1 unspecified atom stereocenters. The largest absolute Gasteiger partial charge is 0.493 e. The summed E-state index contributed by atoms with van der Waals surface area (Å²) in [4.78, 5) is 0. The van der Waals surface area contributed by atoms with Gasteiger partial charge in [0.25, 0.3) is 0 Å². The van der Waals surface area contributed by atoms with E-state index in [9.17, 15) is 0 Å². The van der Waals surface area contributed by atoms with E-state index in [1.165, 1.54) is 24.0 Å². The van der Waals surface area contributed by atoms with E-state index >= 15 is 0 Å². The maximum atomic E-state index is 5.90. The summed E-state index contributed by atoms with van der Waals surface area (Å²) in [5.74, 6) is 1.85. The first-order valence-corrected chi connectivity index (χ1v) is 6.11. The highest BCUT2D eigenvalue weighted by atomic mass is 16.5. The molecule has 88 valence electrons. The molecule has 0 bridgehead atoms. The predicted molar refractivity (Wildman–Crippen MR) is 66.9 cm³/mol. The molecule has 0 saturated heterocycles. The lowest BCUT2D eigenvalue weighted by molar-refractivity contribution is 0.294. The number of rotatable bonds is 5. The molecular weight excluding hydrogens is 198 g/mol. The van der Waals surface area contributed by atoms with Crippen molar-refractivity contribution in [2.75, 3.05) is 13.7 Å².